The molecule has 0 nitrogen and oxygen atoms in total. The Hall–Kier alpha value is -2.50. The molecule has 0 N–H and O–H groups in total. The van der Waals surface area contributed by atoms with Crippen LogP contribution in [0.5, 0.6) is 0 Å². The maximum absolute atomic E-state index is 14.6. The van der Waals surface area contributed by atoms with Crippen LogP contribution in [0.3, 0.4) is 0 Å². The third kappa shape index (κ3) is 3.86. The van der Waals surface area contributed by atoms with Gasteiger partial charge in [-0.2, -0.15) is 0 Å². The van der Waals surface area contributed by atoms with Gasteiger partial charge in [0.25, 0.3) is 0 Å². The van der Waals surface area contributed by atoms with Crippen molar-refractivity contribution in [1.82, 2.24) is 0 Å². The third-order valence-electron chi connectivity index (χ3n) is 4.73. The van der Waals surface area contributed by atoms with Crippen LogP contribution in [0.2, 0.25) is 0 Å². The van der Waals surface area contributed by atoms with Gasteiger partial charge in [0.2, 0.25) is 0 Å². The average Bonchev–Trinajstić information content (AvgIpc) is 2.62. The Labute approximate surface area is 158 Å². The summed E-state index contributed by atoms with van der Waals surface area (Å²) in [6.45, 7) is 2.06. The molecule has 0 aliphatic heterocycles. The Morgan fingerprint density at radius 2 is 1.32 bits per heavy atom. The Morgan fingerprint density at radius 1 is 0.643 bits per heavy atom. The molecule has 3 rings (SSSR count). The lowest BCUT2D eigenvalue weighted by atomic mass is 9.97. The highest BCUT2D eigenvalue weighted by Crippen LogP contribution is 2.34. The molecule has 0 amide bonds. The van der Waals surface area contributed by atoms with Crippen molar-refractivity contribution < 1.29 is 26.3 Å². The van der Waals surface area contributed by atoms with Crippen molar-refractivity contribution in [2.45, 2.75) is 39.0 Å². The second-order valence-electron chi connectivity index (χ2n) is 6.79. The number of unbranched alkanes of at least 4 members (excludes halogenated alkanes) is 3. The summed E-state index contributed by atoms with van der Waals surface area (Å²) in [5.41, 5.74) is -0.235. The zero-order valence-corrected chi connectivity index (χ0v) is 15.2. The smallest absolute Gasteiger partial charge is 0.195 e. The van der Waals surface area contributed by atoms with E-state index >= 15 is 0 Å². The number of hydrogen-bond donors (Lipinski definition) is 0. The first-order valence-corrected chi connectivity index (χ1v) is 9.08. The van der Waals surface area contributed by atoms with E-state index in [0.29, 0.717) is 24.1 Å². The molecule has 28 heavy (non-hydrogen) atoms. The van der Waals surface area contributed by atoms with Crippen LogP contribution in [0.25, 0.3) is 21.9 Å². The van der Waals surface area contributed by atoms with Gasteiger partial charge in [0.05, 0.1) is 10.9 Å². The van der Waals surface area contributed by atoms with E-state index in [1.165, 1.54) is 12.1 Å². The molecular formula is C22H18F6. The number of rotatable bonds is 6. The van der Waals surface area contributed by atoms with Crippen molar-refractivity contribution in [2.24, 2.45) is 0 Å². The van der Waals surface area contributed by atoms with E-state index in [1.54, 1.807) is 0 Å². The lowest BCUT2D eigenvalue weighted by Gasteiger charge is -2.11. The van der Waals surface area contributed by atoms with E-state index in [1.807, 2.05) is 0 Å². The van der Waals surface area contributed by atoms with Crippen LogP contribution in [0.1, 0.15) is 38.2 Å². The third-order valence-corrected chi connectivity index (χ3v) is 4.73. The van der Waals surface area contributed by atoms with E-state index in [0.717, 1.165) is 31.7 Å². The predicted molar refractivity (Wildman–Crippen MR) is 97.0 cm³/mol. The normalized spacial score (nSPS) is 11.4. The highest BCUT2D eigenvalue weighted by Gasteiger charge is 2.20. The molecule has 3 aromatic carbocycles. The lowest BCUT2D eigenvalue weighted by molar-refractivity contribution is 0.451. The van der Waals surface area contributed by atoms with Gasteiger partial charge >= 0.3 is 0 Å². The van der Waals surface area contributed by atoms with Gasteiger partial charge in [-0.05, 0) is 59.7 Å². The number of benzene rings is 3. The molecule has 0 fully saturated rings. The topological polar surface area (TPSA) is 0 Å². The Balaban J connectivity index is 2.04. The second-order valence-corrected chi connectivity index (χ2v) is 6.79. The number of hydrogen-bond acceptors (Lipinski definition) is 0. The van der Waals surface area contributed by atoms with Crippen molar-refractivity contribution >= 4 is 10.8 Å². The van der Waals surface area contributed by atoms with E-state index in [-0.39, 0.29) is 10.9 Å². The van der Waals surface area contributed by atoms with Crippen LogP contribution in [0.15, 0.2) is 30.3 Å². The maximum Gasteiger partial charge on any atom is 0.195 e. The molecule has 0 aliphatic rings. The van der Waals surface area contributed by atoms with Crippen LogP contribution in [0, 0.1) is 34.9 Å². The number of aryl methyl sites for hydroxylation is 1. The summed E-state index contributed by atoms with van der Waals surface area (Å²) in [6.07, 6.45) is 4.33. The van der Waals surface area contributed by atoms with Crippen LogP contribution in [-0.4, -0.2) is 0 Å². The molecule has 148 valence electrons. The molecule has 0 bridgehead atoms. The SMILES string of the molecule is CCCCCCc1cc(F)c(-c2cc(F)c3c(F)c(F)c(F)cc3c2)c(F)c1. The van der Waals surface area contributed by atoms with Gasteiger partial charge in [-0.25, -0.2) is 26.3 Å². The van der Waals surface area contributed by atoms with E-state index in [4.69, 9.17) is 0 Å². The molecule has 0 aromatic heterocycles. The van der Waals surface area contributed by atoms with Crippen molar-refractivity contribution in [2.75, 3.05) is 0 Å². The molecule has 0 spiro atoms. The van der Waals surface area contributed by atoms with Crippen molar-refractivity contribution in [3.63, 3.8) is 0 Å². The standard InChI is InChI=1S/C22H18F6/c1-2-3-4-5-6-12-7-15(23)19(16(24)8-12)13-9-14-11-18(26)21(27)22(28)20(14)17(25)10-13/h7-11H,2-6H2,1H3. The van der Waals surface area contributed by atoms with Gasteiger partial charge in [0.1, 0.15) is 17.5 Å². The molecule has 0 heterocycles. The molecule has 0 atom stereocenters. The summed E-state index contributed by atoms with van der Waals surface area (Å²) in [6, 6.07) is 4.70. The maximum atomic E-state index is 14.6. The predicted octanol–water partition coefficient (Wildman–Crippen LogP) is 7.46. The minimum absolute atomic E-state index is 0.219. The lowest BCUT2D eigenvalue weighted by Crippen LogP contribution is -1.98. The zero-order chi connectivity index (χ0) is 20.4. The van der Waals surface area contributed by atoms with Gasteiger partial charge in [-0.15, -0.1) is 0 Å². The fraction of sp³-hybridized carbons (Fsp3) is 0.273. The van der Waals surface area contributed by atoms with Crippen molar-refractivity contribution in [1.29, 1.82) is 0 Å². The first-order chi connectivity index (χ1) is 13.3. The summed E-state index contributed by atoms with van der Waals surface area (Å²) in [7, 11) is 0. The molecule has 6 heteroatoms. The monoisotopic (exact) mass is 396 g/mol. The fourth-order valence-corrected chi connectivity index (χ4v) is 3.33. The van der Waals surface area contributed by atoms with Gasteiger partial charge in [0.15, 0.2) is 17.5 Å². The van der Waals surface area contributed by atoms with Gasteiger partial charge in [-0.1, -0.05) is 26.2 Å². The second kappa shape index (κ2) is 8.25. The minimum Gasteiger partial charge on any atom is -0.206 e. The summed E-state index contributed by atoms with van der Waals surface area (Å²) in [4.78, 5) is 0. The molecule has 0 aliphatic carbocycles. The Bertz CT molecular complexity index is 1000. The highest BCUT2D eigenvalue weighted by atomic mass is 19.2. The molecule has 0 saturated heterocycles. The van der Waals surface area contributed by atoms with Crippen LogP contribution < -0.4 is 0 Å². The Kier molecular flexibility index (Phi) is 5.96. The summed E-state index contributed by atoms with van der Waals surface area (Å²) >= 11 is 0. The van der Waals surface area contributed by atoms with Crippen LogP contribution in [0.4, 0.5) is 26.3 Å². The first-order valence-electron chi connectivity index (χ1n) is 9.08. The van der Waals surface area contributed by atoms with Crippen LogP contribution >= 0.6 is 0 Å². The highest BCUT2D eigenvalue weighted by molar-refractivity contribution is 5.88. The molecule has 0 unspecified atom stereocenters. The van der Waals surface area contributed by atoms with Crippen molar-refractivity contribution in [3.05, 3.63) is 70.8 Å². The largest absolute Gasteiger partial charge is 0.206 e. The molecular weight excluding hydrogens is 378 g/mol. The van der Waals surface area contributed by atoms with E-state index in [9.17, 15) is 26.3 Å². The molecule has 3 aromatic rings. The summed E-state index contributed by atoms with van der Waals surface area (Å²) < 4.78 is 84.1. The van der Waals surface area contributed by atoms with E-state index in [2.05, 4.69) is 6.92 Å². The fourth-order valence-electron chi connectivity index (χ4n) is 3.33. The average molecular weight is 396 g/mol. The summed E-state index contributed by atoms with van der Waals surface area (Å²) in [5, 5.41) is -1.09. The molecule has 0 radical (unpaired) electrons. The zero-order valence-electron chi connectivity index (χ0n) is 15.2. The first kappa shape index (κ1) is 20.2. The van der Waals surface area contributed by atoms with Gasteiger partial charge in [-0.3, -0.25) is 0 Å². The van der Waals surface area contributed by atoms with Crippen molar-refractivity contribution in [3.8, 4) is 11.1 Å². The minimum atomic E-state index is -1.80. The van der Waals surface area contributed by atoms with E-state index < -0.39 is 45.9 Å². The van der Waals surface area contributed by atoms with Crippen LogP contribution in [-0.2, 0) is 6.42 Å². The van der Waals surface area contributed by atoms with Gasteiger partial charge in [0, 0.05) is 0 Å². The summed E-state index contributed by atoms with van der Waals surface area (Å²) in [5.74, 6) is -8.01. The number of fused-ring (bicyclic) bond motifs is 1. The number of halogens is 6. The molecule has 0 saturated carbocycles. The van der Waals surface area contributed by atoms with Gasteiger partial charge < -0.3 is 0 Å². The quantitative estimate of drug-likeness (QED) is 0.230. The Morgan fingerprint density at radius 3 is 1.96 bits per heavy atom.